The van der Waals surface area contributed by atoms with Crippen LogP contribution in [0, 0.1) is 0 Å². The number of hydrogen-bond donors (Lipinski definition) is 3. The summed E-state index contributed by atoms with van der Waals surface area (Å²) < 4.78 is 0. The Hall–Kier alpha value is -2.37. The van der Waals surface area contributed by atoms with Crippen molar-refractivity contribution in [2.75, 3.05) is 5.32 Å². The van der Waals surface area contributed by atoms with E-state index in [9.17, 15) is 14.7 Å². The van der Waals surface area contributed by atoms with Gasteiger partial charge in [-0.25, -0.2) is 0 Å². The smallest absolute Gasteiger partial charge is 0.257 e. The summed E-state index contributed by atoms with van der Waals surface area (Å²) in [5.74, 6) is -0.834. The highest BCUT2D eigenvalue weighted by Gasteiger charge is 2.25. The summed E-state index contributed by atoms with van der Waals surface area (Å²) >= 11 is 6.07. The zero-order valence-corrected chi connectivity index (χ0v) is 13.6. The van der Waals surface area contributed by atoms with Crippen molar-refractivity contribution in [3.8, 4) is 0 Å². The number of anilines is 1. The molecule has 0 radical (unpaired) electrons. The third kappa shape index (κ3) is 3.93. The van der Waals surface area contributed by atoms with Crippen molar-refractivity contribution < 1.29 is 14.7 Å². The molecule has 1 aliphatic rings. The molecule has 3 N–H and O–H groups in total. The van der Waals surface area contributed by atoms with Crippen LogP contribution in [-0.2, 0) is 4.79 Å². The van der Waals surface area contributed by atoms with E-state index in [0.717, 1.165) is 12.8 Å². The van der Waals surface area contributed by atoms with Crippen LogP contribution in [0.3, 0.4) is 0 Å². The molecule has 0 aromatic heterocycles. The molecule has 0 spiro atoms. The lowest BCUT2D eigenvalue weighted by atomic mass is 10.1. The molecule has 2 aromatic rings. The zero-order valence-electron chi connectivity index (χ0n) is 12.8. The number of nitrogens with one attached hydrogen (secondary N) is 2. The Morgan fingerprint density at radius 2 is 1.83 bits per heavy atom. The van der Waals surface area contributed by atoms with Gasteiger partial charge in [0.05, 0.1) is 10.6 Å². The largest absolute Gasteiger partial charge is 0.378 e. The first-order valence-corrected chi connectivity index (χ1v) is 8.06. The lowest BCUT2D eigenvalue weighted by Gasteiger charge is -2.13. The Bertz CT molecular complexity index is 760. The van der Waals surface area contributed by atoms with Crippen LogP contribution in [0.5, 0.6) is 0 Å². The number of benzene rings is 2. The van der Waals surface area contributed by atoms with Crippen LogP contribution in [0.25, 0.3) is 0 Å². The number of carbonyl (C=O) groups is 2. The average molecular weight is 345 g/mol. The summed E-state index contributed by atoms with van der Waals surface area (Å²) in [4.78, 5) is 24.3. The third-order valence-electron chi connectivity index (χ3n) is 3.75. The molecule has 1 saturated carbocycles. The van der Waals surface area contributed by atoms with Crippen molar-refractivity contribution in [3.05, 3.63) is 64.7 Å². The van der Waals surface area contributed by atoms with Gasteiger partial charge in [0.25, 0.3) is 11.8 Å². The van der Waals surface area contributed by atoms with Crippen LogP contribution >= 0.6 is 11.6 Å². The quantitative estimate of drug-likeness (QED) is 0.780. The lowest BCUT2D eigenvalue weighted by Crippen LogP contribution is -2.26. The van der Waals surface area contributed by atoms with E-state index in [1.165, 1.54) is 6.07 Å². The van der Waals surface area contributed by atoms with Gasteiger partial charge >= 0.3 is 0 Å². The minimum Gasteiger partial charge on any atom is -0.378 e. The van der Waals surface area contributed by atoms with E-state index in [4.69, 9.17) is 11.6 Å². The Morgan fingerprint density at radius 3 is 2.50 bits per heavy atom. The minimum absolute atomic E-state index is 0.215. The Balaban J connectivity index is 1.72. The van der Waals surface area contributed by atoms with Crippen molar-refractivity contribution in [1.29, 1.82) is 0 Å². The predicted octanol–water partition coefficient (Wildman–Crippen LogP) is 2.90. The highest BCUT2D eigenvalue weighted by atomic mass is 35.5. The number of carbonyl (C=O) groups excluding carboxylic acids is 2. The number of hydrogen-bond acceptors (Lipinski definition) is 3. The molecule has 0 bridgehead atoms. The zero-order chi connectivity index (χ0) is 17.1. The molecule has 6 heteroatoms. The van der Waals surface area contributed by atoms with E-state index >= 15 is 0 Å². The highest BCUT2D eigenvalue weighted by Crippen LogP contribution is 2.24. The van der Waals surface area contributed by atoms with Crippen LogP contribution in [0.2, 0.25) is 5.02 Å². The van der Waals surface area contributed by atoms with Gasteiger partial charge in [-0.05, 0) is 36.6 Å². The van der Waals surface area contributed by atoms with Crippen LogP contribution in [0.4, 0.5) is 5.69 Å². The summed E-state index contributed by atoms with van der Waals surface area (Å²) in [7, 11) is 0. The number of rotatable bonds is 5. The molecule has 3 rings (SSSR count). The molecule has 1 aliphatic carbocycles. The highest BCUT2D eigenvalue weighted by molar-refractivity contribution is 6.34. The van der Waals surface area contributed by atoms with E-state index in [1.54, 1.807) is 42.5 Å². The second-order valence-electron chi connectivity index (χ2n) is 5.74. The molecule has 1 atom stereocenters. The van der Waals surface area contributed by atoms with Gasteiger partial charge < -0.3 is 15.7 Å². The summed E-state index contributed by atoms with van der Waals surface area (Å²) in [6.07, 6.45) is 0.664. The molecular weight excluding hydrogens is 328 g/mol. The van der Waals surface area contributed by atoms with E-state index < -0.39 is 12.0 Å². The molecule has 5 nitrogen and oxygen atoms in total. The van der Waals surface area contributed by atoms with Gasteiger partial charge in [0.1, 0.15) is 0 Å². The van der Waals surface area contributed by atoms with E-state index in [0.29, 0.717) is 21.8 Å². The summed E-state index contributed by atoms with van der Waals surface area (Å²) in [6, 6.07) is 13.5. The lowest BCUT2D eigenvalue weighted by molar-refractivity contribution is -0.124. The molecule has 0 heterocycles. The summed E-state index contributed by atoms with van der Waals surface area (Å²) in [6.45, 7) is 0. The minimum atomic E-state index is -1.29. The van der Waals surface area contributed by atoms with Crippen molar-refractivity contribution in [2.24, 2.45) is 0 Å². The van der Waals surface area contributed by atoms with Gasteiger partial charge in [-0.2, -0.15) is 0 Å². The maximum absolute atomic E-state index is 12.2. The molecule has 1 fully saturated rings. The first kappa shape index (κ1) is 16.5. The van der Waals surface area contributed by atoms with Gasteiger partial charge in [0.15, 0.2) is 6.10 Å². The van der Waals surface area contributed by atoms with Gasteiger partial charge in [-0.3, -0.25) is 9.59 Å². The standard InChI is InChI=1S/C18H17ClN2O3/c19-15-9-8-13(10-14(15)17(23)20-12-6-7-12)21-18(24)16(22)11-4-2-1-3-5-11/h1-5,8-10,12,16,22H,6-7H2,(H,20,23)(H,21,24). The molecule has 0 aliphatic heterocycles. The normalized spacial score (nSPS) is 14.8. The van der Waals surface area contributed by atoms with Crippen molar-refractivity contribution in [1.82, 2.24) is 5.32 Å². The topological polar surface area (TPSA) is 78.4 Å². The Labute approximate surface area is 144 Å². The van der Waals surface area contributed by atoms with Crippen LogP contribution in [-0.4, -0.2) is 23.0 Å². The average Bonchev–Trinajstić information content (AvgIpc) is 3.40. The maximum atomic E-state index is 12.2. The van der Waals surface area contributed by atoms with Crippen molar-refractivity contribution in [3.63, 3.8) is 0 Å². The summed E-state index contributed by atoms with van der Waals surface area (Å²) in [5.41, 5.74) is 1.20. The van der Waals surface area contributed by atoms with Crippen molar-refractivity contribution >= 4 is 29.1 Å². The second-order valence-corrected chi connectivity index (χ2v) is 6.15. The molecule has 0 saturated heterocycles. The summed E-state index contributed by atoms with van der Waals surface area (Å²) in [5, 5.41) is 15.9. The molecule has 24 heavy (non-hydrogen) atoms. The fraction of sp³-hybridized carbons (Fsp3) is 0.222. The number of halogens is 1. The SMILES string of the molecule is O=C(NC1CC1)c1cc(NC(=O)C(O)c2ccccc2)ccc1Cl. The number of aliphatic hydroxyl groups is 1. The first-order chi connectivity index (χ1) is 11.5. The van der Waals surface area contributed by atoms with Gasteiger partial charge in [0.2, 0.25) is 0 Å². The fourth-order valence-electron chi connectivity index (χ4n) is 2.27. The van der Waals surface area contributed by atoms with Crippen LogP contribution in [0.1, 0.15) is 34.9 Å². The molecule has 1 unspecified atom stereocenters. The maximum Gasteiger partial charge on any atom is 0.257 e. The molecule has 124 valence electrons. The van der Waals surface area contributed by atoms with E-state index in [2.05, 4.69) is 10.6 Å². The fourth-order valence-corrected chi connectivity index (χ4v) is 2.47. The first-order valence-electron chi connectivity index (χ1n) is 7.69. The van der Waals surface area contributed by atoms with E-state index in [-0.39, 0.29) is 11.9 Å². The second kappa shape index (κ2) is 7.03. The predicted molar refractivity (Wildman–Crippen MR) is 92.0 cm³/mol. The van der Waals surface area contributed by atoms with Gasteiger partial charge in [0, 0.05) is 11.7 Å². The monoisotopic (exact) mass is 344 g/mol. The number of amides is 2. The molecule has 2 aromatic carbocycles. The molecular formula is C18H17ClN2O3. The molecule has 2 amide bonds. The van der Waals surface area contributed by atoms with Crippen LogP contribution < -0.4 is 10.6 Å². The van der Waals surface area contributed by atoms with Crippen LogP contribution in [0.15, 0.2) is 48.5 Å². The van der Waals surface area contributed by atoms with Crippen molar-refractivity contribution in [2.45, 2.75) is 25.0 Å². The van der Waals surface area contributed by atoms with Gasteiger partial charge in [-0.15, -0.1) is 0 Å². The van der Waals surface area contributed by atoms with Gasteiger partial charge in [-0.1, -0.05) is 41.9 Å². The number of aliphatic hydroxyl groups excluding tert-OH is 1. The van der Waals surface area contributed by atoms with E-state index in [1.807, 2.05) is 0 Å². The third-order valence-corrected chi connectivity index (χ3v) is 4.08. The Morgan fingerprint density at radius 1 is 1.12 bits per heavy atom. The Kier molecular flexibility index (Phi) is 4.83.